The molecule has 0 unspecified atom stereocenters. The number of anilines is 1. The molecule has 0 radical (unpaired) electrons. The number of aromatic nitrogens is 1. The summed E-state index contributed by atoms with van der Waals surface area (Å²) in [5.41, 5.74) is 3.07. The first-order chi connectivity index (χ1) is 20.6. The monoisotopic (exact) mass is 608 g/mol. The van der Waals surface area contributed by atoms with Crippen molar-refractivity contribution in [3.05, 3.63) is 87.7 Å². The Morgan fingerprint density at radius 3 is 2.67 bits per heavy atom. The molecule has 3 aliphatic rings. The van der Waals surface area contributed by atoms with Gasteiger partial charge in [-0.05, 0) is 128 Å². The summed E-state index contributed by atoms with van der Waals surface area (Å²) < 4.78 is 35.5. The Bertz CT molecular complexity index is 1520. The molecule has 3 aromatic rings. The van der Waals surface area contributed by atoms with Crippen LogP contribution in [0.4, 0.5) is 14.5 Å². The molecule has 1 spiro atoms. The summed E-state index contributed by atoms with van der Waals surface area (Å²) in [6.45, 7) is 4.93. The summed E-state index contributed by atoms with van der Waals surface area (Å²) in [6, 6.07) is 11.8. The summed E-state index contributed by atoms with van der Waals surface area (Å²) in [5.74, 6) is -0.973. The van der Waals surface area contributed by atoms with Crippen molar-refractivity contribution in [3.8, 4) is 5.75 Å². The van der Waals surface area contributed by atoms with Crippen molar-refractivity contribution in [2.75, 3.05) is 11.9 Å². The van der Waals surface area contributed by atoms with E-state index in [0.717, 1.165) is 48.3 Å². The predicted molar refractivity (Wildman–Crippen MR) is 164 cm³/mol. The van der Waals surface area contributed by atoms with Crippen molar-refractivity contribution < 1.29 is 23.4 Å². The molecule has 0 bridgehead atoms. The fourth-order valence-corrected chi connectivity index (χ4v) is 8.29. The van der Waals surface area contributed by atoms with Gasteiger partial charge in [0.2, 0.25) is 0 Å². The maximum absolute atomic E-state index is 14.7. The van der Waals surface area contributed by atoms with E-state index in [2.05, 4.69) is 24.1 Å². The minimum atomic E-state index is -1.17. The average molecular weight is 609 g/mol. The second kappa shape index (κ2) is 11.7. The van der Waals surface area contributed by atoms with Gasteiger partial charge in [-0.15, -0.1) is 0 Å². The van der Waals surface area contributed by atoms with Gasteiger partial charge in [0.1, 0.15) is 11.3 Å². The van der Waals surface area contributed by atoms with Gasteiger partial charge in [0.25, 0.3) is 0 Å². The van der Waals surface area contributed by atoms with Crippen molar-refractivity contribution in [2.24, 2.45) is 11.8 Å². The summed E-state index contributed by atoms with van der Waals surface area (Å²) in [5, 5.41) is 14.2. The van der Waals surface area contributed by atoms with Crippen LogP contribution in [0.3, 0.4) is 0 Å². The molecule has 1 heterocycles. The molecule has 2 aromatic carbocycles. The van der Waals surface area contributed by atoms with Crippen molar-refractivity contribution in [3.63, 3.8) is 0 Å². The number of carboxylic acid groups (broad SMARTS) is 1. The maximum atomic E-state index is 14.7. The number of carboxylic acids is 1. The fourth-order valence-electron chi connectivity index (χ4n) is 8.10. The zero-order valence-corrected chi connectivity index (χ0v) is 25.5. The van der Waals surface area contributed by atoms with Gasteiger partial charge in [-0.3, -0.25) is 4.98 Å². The van der Waals surface area contributed by atoms with E-state index >= 15 is 0 Å². The lowest BCUT2D eigenvalue weighted by atomic mass is 9.59. The number of benzene rings is 2. The summed E-state index contributed by atoms with van der Waals surface area (Å²) in [6.07, 6.45) is 8.35. The minimum Gasteiger partial charge on any atom is -0.493 e. The smallest absolute Gasteiger partial charge is 0.329 e. The van der Waals surface area contributed by atoms with E-state index in [4.69, 9.17) is 16.3 Å². The lowest BCUT2D eigenvalue weighted by Gasteiger charge is -2.47. The van der Waals surface area contributed by atoms with Crippen LogP contribution in [0.1, 0.15) is 87.1 Å². The quantitative estimate of drug-likeness (QED) is 0.268. The van der Waals surface area contributed by atoms with Gasteiger partial charge in [0, 0.05) is 28.2 Å². The van der Waals surface area contributed by atoms with Gasteiger partial charge in [-0.2, -0.15) is 0 Å². The highest BCUT2D eigenvalue weighted by Crippen LogP contribution is 2.56. The molecule has 2 N–H and O–H groups in total. The van der Waals surface area contributed by atoms with Crippen LogP contribution < -0.4 is 10.1 Å². The maximum Gasteiger partial charge on any atom is 0.329 e. The molecule has 8 heteroatoms. The lowest BCUT2D eigenvalue weighted by molar-refractivity contribution is -0.144. The number of hydrogen-bond donors (Lipinski definition) is 2. The Balaban J connectivity index is 1.23. The van der Waals surface area contributed by atoms with Crippen LogP contribution >= 0.6 is 11.6 Å². The van der Waals surface area contributed by atoms with Crippen LogP contribution in [0, 0.1) is 23.5 Å². The largest absolute Gasteiger partial charge is 0.493 e. The highest BCUT2D eigenvalue weighted by molar-refractivity contribution is 6.30. The third-order valence-electron chi connectivity index (χ3n) is 10.3. The number of pyridine rings is 1. The first-order valence-corrected chi connectivity index (χ1v) is 15.8. The second-order valence-electron chi connectivity index (χ2n) is 13.1. The van der Waals surface area contributed by atoms with Crippen LogP contribution in [-0.2, 0) is 23.1 Å². The van der Waals surface area contributed by atoms with Crippen LogP contribution in [0.2, 0.25) is 5.02 Å². The number of rotatable bonds is 8. The number of aliphatic carboxylic acids is 1. The zero-order chi connectivity index (χ0) is 30.4. The molecular formula is C35H39ClF2N2O3. The number of halogens is 3. The normalized spacial score (nSPS) is 26.9. The zero-order valence-electron chi connectivity index (χ0n) is 24.8. The molecule has 0 amide bonds. The molecule has 0 saturated heterocycles. The molecule has 5 nitrogen and oxygen atoms in total. The van der Waals surface area contributed by atoms with Crippen LogP contribution in [0.5, 0.6) is 5.75 Å². The fraction of sp³-hybridized carbons (Fsp3) is 0.486. The molecule has 228 valence electrons. The number of hydrogen-bond acceptors (Lipinski definition) is 4. The Labute approximate surface area is 257 Å². The van der Waals surface area contributed by atoms with Crippen LogP contribution in [0.25, 0.3) is 0 Å². The van der Waals surface area contributed by atoms with Gasteiger partial charge in [-0.1, -0.05) is 31.5 Å². The minimum absolute atomic E-state index is 0.116. The van der Waals surface area contributed by atoms with Gasteiger partial charge >= 0.3 is 5.97 Å². The average Bonchev–Trinajstić information content (AvgIpc) is 3.24. The van der Waals surface area contributed by atoms with Gasteiger partial charge < -0.3 is 15.2 Å². The molecule has 1 fully saturated rings. The van der Waals surface area contributed by atoms with E-state index in [1.165, 1.54) is 17.7 Å². The number of fused-ring (bicyclic) bond motifs is 3. The Hall–Kier alpha value is -3.19. The third-order valence-corrected chi connectivity index (χ3v) is 10.6. The van der Waals surface area contributed by atoms with Crippen LogP contribution in [-0.4, -0.2) is 28.2 Å². The predicted octanol–water partition coefficient (Wildman–Crippen LogP) is 8.48. The number of ether oxygens (including phenoxy) is 1. The highest BCUT2D eigenvalue weighted by atomic mass is 35.5. The van der Waals surface area contributed by atoms with Crippen molar-refractivity contribution in [1.82, 2.24) is 4.98 Å². The number of nitrogens with zero attached hydrogens (tertiary/aromatic N) is 1. The van der Waals surface area contributed by atoms with Crippen molar-refractivity contribution in [1.29, 1.82) is 0 Å². The molecule has 1 aromatic heterocycles. The molecular weight excluding hydrogens is 570 g/mol. The number of nitrogens with one attached hydrogen (secondary N) is 1. The van der Waals surface area contributed by atoms with Gasteiger partial charge in [-0.25, -0.2) is 13.6 Å². The third kappa shape index (κ3) is 5.61. The van der Waals surface area contributed by atoms with Crippen LogP contribution in [0.15, 0.2) is 48.7 Å². The molecule has 6 rings (SSSR count). The Morgan fingerprint density at radius 1 is 1.16 bits per heavy atom. The van der Waals surface area contributed by atoms with E-state index in [1.807, 2.05) is 18.3 Å². The van der Waals surface area contributed by atoms with E-state index < -0.39 is 28.6 Å². The molecule has 1 saturated carbocycles. The summed E-state index contributed by atoms with van der Waals surface area (Å²) in [4.78, 5) is 17.3. The van der Waals surface area contributed by atoms with Crippen molar-refractivity contribution >= 4 is 23.3 Å². The van der Waals surface area contributed by atoms with E-state index in [-0.39, 0.29) is 11.8 Å². The molecule has 3 aliphatic carbocycles. The van der Waals surface area contributed by atoms with E-state index in [9.17, 15) is 18.7 Å². The standard InChI is InChI=1S/C35H39ClF2N2O3/c1-21(20-43-31-9-14-39-30-8-3-5-22(2)32(30)31)15-24-16-23-17-28(37)29(38)19-27(23)34(24)10-12-35(13-11-34,33(41)42)40-26-7-4-6-25(36)18-26/h4,6-7,9,14,17-19,21-22,24,40H,3,5,8,10-13,15-16,20H2,1-2H3,(H,41,42)/t21-,22-,24-,34?,35?/m1/s1. The second-order valence-corrected chi connectivity index (χ2v) is 13.6. The highest BCUT2D eigenvalue weighted by Gasteiger charge is 2.54. The number of aryl methyl sites for hydroxylation is 1. The Morgan fingerprint density at radius 2 is 1.93 bits per heavy atom. The van der Waals surface area contributed by atoms with Gasteiger partial charge in [0.15, 0.2) is 11.6 Å². The topological polar surface area (TPSA) is 71.5 Å². The van der Waals surface area contributed by atoms with E-state index in [0.29, 0.717) is 55.3 Å². The molecule has 0 aliphatic heterocycles. The van der Waals surface area contributed by atoms with Gasteiger partial charge in [0.05, 0.1) is 6.61 Å². The Kier molecular flexibility index (Phi) is 8.14. The number of carbonyl (C=O) groups is 1. The summed E-state index contributed by atoms with van der Waals surface area (Å²) >= 11 is 6.18. The van der Waals surface area contributed by atoms with E-state index in [1.54, 1.807) is 18.2 Å². The lowest BCUT2D eigenvalue weighted by Crippen LogP contribution is -2.53. The first kappa shape index (κ1) is 29.9. The summed E-state index contributed by atoms with van der Waals surface area (Å²) in [7, 11) is 0. The molecule has 43 heavy (non-hydrogen) atoms. The van der Waals surface area contributed by atoms with Crippen molar-refractivity contribution in [2.45, 2.75) is 88.5 Å². The molecule has 3 atom stereocenters. The first-order valence-electron chi connectivity index (χ1n) is 15.5. The SMILES string of the molecule is C[C@@H](COc1ccnc2c1[C@H](C)CCC2)C[C@@H]1Cc2cc(F)c(F)cc2C12CCC(Nc1cccc(Cl)c1)(C(=O)O)CC2.